The minimum atomic E-state index is 0.147. The minimum Gasteiger partial charge on any atom is -0.326 e. The van der Waals surface area contributed by atoms with Gasteiger partial charge in [-0.3, -0.25) is 4.79 Å². The second-order valence-electron chi connectivity index (χ2n) is 6.13. The van der Waals surface area contributed by atoms with E-state index in [9.17, 15) is 4.79 Å². The fourth-order valence-electron chi connectivity index (χ4n) is 2.43. The lowest BCUT2D eigenvalue weighted by Gasteiger charge is -2.20. The summed E-state index contributed by atoms with van der Waals surface area (Å²) in [6.45, 7) is 10.8. The summed E-state index contributed by atoms with van der Waals surface area (Å²) >= 11 is 0. The molecule has 0 saturated carbocycles. The molecular formula is C18H29NO. The van der Waals surface area contributed by atoms with Crippen LogP contribution >= 0.6 is 0 Å². The van der Waals surface area contributed by atoms with E-state index in [1.165, 1.54) is 11.1 Å². The largest absolute Gasteiger partial charge is 0.326 e. The SMILES string of the molecule is CCCCCC(=O)Nc1c(C(C)C)cccc1C(C)C. The van der Waals surface area contributed by atoms with Crippen molar-refractivity contribution in [3.63, 3.8) is 0 Å². The molecule has 0 aliphatic rings. The van der Waals surface area contributed by atoms with Crippen LogP contribution in [0.25, 0.3) is 0 Å². The van der Waals surface area contributed by atoms with Gasteiger partial charge in [-0.2, -0.15) is 0 Å². The number of anilines is 1. The summed E-state index contributed by atoms with van der Waals surface area (Å²) in [5.41, 5.74) is 3.51. The van der Waals surface area contributed by atoms with Gasteiger partial charge in [0.2, 0.25) is 5.91 Å². The van der Waals surface area contributed by atoms with Crippen molar-refractivity contribution in [1.82, 2.24) is 0 Å². The van der Waals surface area contributed by atoms with Crippen molar-refractivity contribution in [3.05, 3.63) is 29.3 Å². The Bertz CT molecular complexity index is 409. The third-order valence-electron chi connectivity index (χ3n) is 3.64. The van der Waals surface area contributed by atoms with Gasteiger partial charge in [0.1, 0.15) is 0 Å². The van der Waals surface area contributed by atoms with E-state index < -0.39 is 0 Å². The van der Waals surface area contributed by atoms with Crippen LogP contribution in [0.4, 0.5) is 5.69 Å². The maximum Gasteiger partial charge on any atom is 0.224 e. The second kappa shape index (κ2) is 8.08. The van der Waals surface area contributed by atoms with Crippen molar-refractivity contribution in [3.8, 4) is 0 Å². The highest BCUT2D eigenvalue weighted by Gasteiger charge is 2.15. The van der Waals surface area contributed by atoms with E-state index in [-0.39, 0.29) is 5.91 Å². The topological polar surface area (TPSA) is 29.1 Å². The average Bonchev–Trinajstić information content (AvgIpc) is 2.38. The minimum absolute atomic E-state index is 0.147. The van der Waals surface area contributed by atoms with Gasteiger partial charge in [-0.25, -0.2) is 0 Å². The highest BCUT2D eigenvalue weighted by atomic mass is 16.1. The maximum absolute atomic E-state index is 12.1. The average molecular weight is 275 g/mol. The molecule has 112 valence electrons. The molecule has 0 aromatic heterocycles. The first-order chi connectivity index (χ1) is 9.47. The zero-order chi connectivity index (χ0) is 15.1. The number of unbranched alkanes of at least 4 members (excludes halogenated alkanes) is 2. The van der Waals surface area contributed by atoms with Crippen LogP contribution in [0.1, 0.15) is 83.3 Å². The van der Waals surface area contributed by atoms with Gasteiger partial charge >= 0.3 is 0 Å². The van der Waals surface area contributed by atoms with Gasteiger partial charge in [-0.05, 0) is 29.4 Å². The maximum atomic E-state index is 12.1. The van der Waals surface area contributed by atoms with Crippen molar-refractivity contribution in [2.24, 2.45) is 0 Å². The molecule has 0 fully saturated rings. The Morgan fingerprint density at radius 3 is 2.05 bits per heavy atom. The monoisotopic (exact) mass is 275 g/mol. The van der Waals surface area contributed by atoms with Crippen LogP contribution in [0.15, 0.2) is 18.2 Å². The smallest absolute Gasteiger partial charge is 0.224 e. The molecule has 0 unspecified atom stereocenters. The number of hydrogen-bond donors (Lipinski definition) is 1. The number of rotatable bonds is 7. The molecule has 1 aromatic carbocycles. The van der Waals surface area contributed by atoms with Crippen molar-refractivity contribution < 1.29 is 4.79 Å². The number of amides is 1. The molecule has 0 aliphatic heterocycles. The van der Waals surface area contributed by atoms with Gasteiger partial charge in [0.25, 0.3) is 0 Å². The van der Waals surface area contributed by atoms with Crippen molar-refractivity contribution in [2.75, 3.05) is 5.32 Å². The van der Waals surface area contributed by atoms with Gasteiger partial charge in [0.05, 0.1) is 0 Å². The molecule has 2 nitrogen and oxygen atoms in total. The summed E-state index contributed by atoms with van der Waals surface area (Å²) in [6.07, 6.45) is 3.87. The summed E-state index contributed by atoms with van der Waals surface area (Å²) in [6, 6.07) is 6.34. The molecule has 2 heteroatoms. The zero-order valence-corrected chi connectivity index (χ0v) is 13.6. The van der Waals surface area contributed by atoms with Crippen LogP contribution in [0.3, 0.4) is 0 Å². The van der Waals surface area contributed by atoms with Crippen LogP contribution in [-0.2, 0) is 4.79 Å². The number of nitrogens with one attached hydrogen (secondary N) is 1. The van der Waals surface area contributed by atoms with Crippen molar-refractivity contribution in [1.29, 1.82) is 0 Å². The van der Waals surface area contributed by atoms with E-state index in [1.807, 2.05) is 0 Å². The molecule has 1 aromatic rings. The van der Waals surface area contributed by atoms with Gasteiger partial charge < -0.3 is 5.32 Å². The van der Waals surface area contributed by atoms with Gasteiger partial charge in [-0.15, -0.1) is 0 Å². The van der Waals surface area contributed by atoms with Crippen LogP contribution in [0.5, 0.6) is 0 Å². The van der Waals surface area contributed by atoms with E-state index in [1.54, 1.807) is 0 Å². The zero-order valence-electron chi connectivity index (χ0n) is 13.6. The third-order valence-corrected chi connectivity index (χ3v) is 3.64. The van der Waals surface area contributed by atoms with E-state index in [0.29, 0.717) is 18.3 Å². The molecule has 0 heterocycles. The van der Waals surface area contributed by atoms with E-state index in [2.05, 4.69) is 58.1 Å². The molecule has 0 radical (unpaired) electrons. The summed E-state index contributed by atoms with van der Waals surface area (Å²) < 4.78 is 0. The van der Waals surface area contributed by atoms with Crippen LogP contribution < -0.4 is 5.32 Å². The molecule has 0 saturated heterocycles. The third kappa shape index (κ3) is 4.66. The van der Waals surface area contributed by atoms with E-state index in [0.717, 1.165) is 24.9 Å². The second-order valence-corrected chi connectivity index (χ2v) is 6.13. The van der Waals surface area contributed by atoms with Crippen LogP contribution in [0.2, 0.25) is 0 Å². The number of hydrogen-bond acceptors (Lipinski definition) is 1. The number of benzene rings is 1. The van der Waals surface area contributed by atoms with Crippen LogP contribution in [0, 0.1) is 0 Å². The van der Waals surface area contributed by atoms with Gasteiger partial charge in [0, 0.05) is 12.1 Å². The summed E-state index contributed by atoms with van der Waals surface area (Å²) in [7, 11) is 0. The fraction of sp³-hybridized carbons (Fsp3) is 0.611. The Labute approximate surface area is 124 Å². The molecule has 0 bridgehead atoms. The molecule has 0 spiro atoms. The summed E-state index contributed by atoms with van der Waals surface area (Å²) in [5.74, 6) is 0.979. The van der Waals surface area contributed by atoms with Gasteiger partial charge in [0.15, 0.2) is 0 Å². The number of carbonyl (C=O) groups excluding carboxylic acids is 1. The summed E-state index contributed by atoms with van der Waals surface area (Å²) in [5, 5.41) is 3.16. The molecular weight excluding hydrogens is 246 g/mol. The standard InChI is InChI=1S/C18H29NO/c1-6-7-8-12-17(20)19-18-15(13(2)3)10-9-11-16(18)14(4)5/h9-11,13-14H,6-8,12H2,1-5H3,(H,19,20). The Balaban J connectivity index is 2.93. The highest BCUT2D eigenvalue weighted by Crippen LogP contribution is 2.32. The Kier molecular flexibility index (Phi) is 6.77. The lowest BCUT2D eigenvalue weighted by Crippen LogP contribution is -2.15. The van der Waals surface area contributed by atoms with Crippen LogP contribution in [-0.4, -0.2) is 5.91 Å². The molecule has 20 heavy (non-hydrogen) atoms. The Hall–Kier alpha value is -1.31. The Morgan fingerprint density at radius 2 is 1.60 bits per heavy atom. The molecule has 1 amide bonds. The first-order valence-electron chi connectivity index (χ1n) is 7.90. The van der Waals surface area contributed by atoms with E-state index >= 15 is 0 Å². The summed E-state index contributed by atoms with van der Waals surface area (Å²) in [4.78, 5) is 12.1. The number of carbonyl (C=O) groups is 1. The first kappa shape index (κ1) is 16.7. The molecule has 0 aliphatic carbocycles. The van der Waals surface area contributed by atoms with Crippen molar-refractivity contribution >= 4 is 11.6 Å². The van der Waals surface area contributed by atoms with E-state index in [4.69, 9.17) is 0 Å². The molecule has 0 atom stereocenters. The quantitative estimate of drug-likeness (QED) is 0.658. The lowest BCUT2D eigenvalue weighted by molar-refractivity contribution is -0.116. The van der Waals surface area contributed by atoms with Crippen molar-refractivity contribution in [2.45, 2.75) is 72.1 Å². The Morgan fingerprint density at radius 1 is 1.05 bits per heavy atom. The predicted octanol–water partition coefficient (Wildman–Crippen LogP) is 5.45. The number of para-hydroxylation sites is 1. The highest BCUT2D eigenvalue weighted by molar-refractivity contribution is 5.92. The van der Waals surface area contributed by atoms with Gasteiger partial charge in [-0.1, -0.05) is 65.7 Å². The predicted molar refractivity (Wildman–Crippen MR) is 87.4 cm³/mol. The molecule has 1 N–H and O–H groups in total. The first-order valence-corrected chi connectivity index (χ1v) is 7.90. The normalized spacial score (nSPS) is 11.2. The molecule has 1 rings (SSSR count). The lowest BCUT2D eigenvalue weighted by atomic mass is 9.92. The fourth-order valence-corrected chi connectivity index (χ4v) is 2.43.